The summed E-state index contributed by atoms with van der Waals surface area (Å²) in [5.74, 6) is 0.702. The Labute approximate surface area is 149 Å². The van der Waals surface area contributed by atoms with Crippen molar-refractivity contribution in [2.75, 3.05) is 27.2 Å². The molecule has 0 aliphatic heterocycles. The van der Waals surface area contributed by atoms with Gasteiger partial charge in [-0.15, -0.1) is 0 Å². The molecule has 0 amide bonds. The fourth-order valence-corrected chi connectivity index (χ4v) is 2.67. The Morgan fingerprint density at radius 1 is 1.12 bits per heavy atom. The molecule has 0 radical (unpaired) electrons. The molecule has 0 saturated heterocycles. The van der Waals surface area contributed by atoms with E-state index in [1.165, 1.54) is 0 Å². The summed E-state index contributed by atoms with van der Waals surface area (Å²) in [5, 5.41) is 4.04. The highest BCUT2D eigenvalue weighted by atomic mass is 19.4. The van der Waals surface area contributed by atoms with E-state index >= 15 is 0 Å². The Morgan fingerprint density at radius 2 is 1.81 bits per heavy atom. The molecular formula is C18H19F3N4O. The van der Waals surface area contributed by atoms with E-state index in [2.05, 4.69) is 10.1 Å². The molecule has 0 N–H and O–H groups in total. The zero-order valence-corrected chi connectivity index (χ0v) is 14.7. The second-order valence-corrected chi connectivity index (χ2v) is 6.20. The predicted octanol–water partition coefficient (Wildman–Crippen LogP) is 3.66. The van der Waals surface area contributed by atoms with Crippen LogP contribution >= 0.6 is 0 Å². The van der Waals surface area contributed by atoms with E-state index < -0.39 is 11.9 Å². The average molecular weight is 364 g/mol. The maximum atomic E-state index is 13.2. The number of rotatable bonds is 5. The summed E-state index contributed by atoms with van der Waals surface area (Å²) in [5.41, 5.74) is 1.13. The molecule has 138 valence electrons. The third kappa shape index (κ3) is 3.65. The van der Waals surface area contributed by atoms with Crippen molar-refractivity contribution in [3.05, 3.63) is 47.9 Å². The molecule has 3 rings (SSSR count). The summed E-state index contributed by atoms with van der Waals surface area (Å²) in [6, 6.07) is 8.11. The second kappa shape index (κ2) is 6.95. The fourth-order valence-electron chi connectivity index (χ4n) is 2.67. The van der Waals surface area contributed by atoms with E-state index in [-0.39, 0.29) is 5.65 Å². The van der Waals surface area contributed by atoms with Gasteiger partial charge in [-0.3, -0.25) is 0 Å². The summed E-state index contributed by atoms with van der Waals surface area (Å²) in [7, 11) is 3.92. The highest BCUT2D eigenvalue weighted by Gasteiger charge is 2.35. The third-order valence-corrected chi connectivity index (χ3v) is 3.93. The molecule has 0 bridgehead atoms. The zero-order chi connectivity index (χ0) is 18.9. The molecule has 0 aliphatic rings. The van der Waals surface area contributed by atoms with Crippen molar-refractivity contribution >= 4 is 5.65 Å². The van der Waals surface area contributed by atoms with Gasteiger partial charge in [0.15, 0.2) is 5.65 Å². The number of benzene rings is 1. The van der Waals surface area contributed by atoms with Crippen LogP contribution in [0.3, 0.4) is 0 Å². The van der Waals surface area contributed by atoms with Gasteiger partial charge in [0.05, 0.1) is 5.69 Å². The molecule has 2 aromatic heterocycles. The van der Waals surface area contributed by atoms with Crippen LogP contribution in [0.1, 0.15) is 11.4 Å². The van der Waals surface area contributed by atoms with E-state index in [0.717, 1.165) is 28.9 Å². The highest BCUT2D eigenvalue weighted by molar-refractivity contribution is 5.80. The minimum absolute atomic E-state index is 0.179. The summed E-state index contributed by atoms with van der Waals surface area (Å²) in [6.45, 7) is 3.02. The maximum Gasteiger partial charge on any atom is 0.433 e. The van der Waals surface area contributed by atoms with Gasteiger partial charge in [-0.1, -0.05) is 12.1 Å². The van der Waals surface area contributed by atoms with Crippen molar-refractivity contribution in [2.45, 2.75) is 13.1 Å². The van der Waals surface area contributed by atoms with Crippen LogP contribution in [0.4, 0.5) is 13.2 Å². The number of hydrogen-bond acceptors (Lipinski definition) is 4. The first-order valence-corrected chi connectivity index (χ1v) is 8.07. The normalized spacial score (nSPS) is 12.1. The monoisotopic (exact) mass is 364 g/mol. The average Bonchev–Trinajstić information content (AvgIpc) is 2.90. The molecule has 0 fully saturated rings. The lowest BCUT2D eigenvalue weighted by atomic mass is 10.1. The molecule has 3 aromatic rings. The number of hydrogen-bond donors (Lipinski definition) is 0. The molecular weight excluding hydrogens is 345 g/mol. The van der Waals surface area contributed by atoms with Crippen molar-refractivity contribution < 1.29 is 17.9 Å². The standard InChI is InChI=1S/C18H19F3N4O/c1-12-16(13-4-6-14(7-5-13)26-11-10-24(2)3)17-22-9-8-15(18(19,20)21)25(17)23-12/h4-9H,10-11H2,1-3H3. The maximum absolute atomic E-state index is 13.2. The lowest BCUT2D eigenvalue weighted by molar-refractivity contribution is -0.142. The number of halogens is 3. The molecule has 0 spiro atoms. The minimum atomic E-state index is -4.50. The van der Waals surface area contributed by atoms with Crippen LogP contribution in [0.2, 0.25) is 0 Å². The number of aryl methyl sites for hydroxylation is 1. The van der Waals surface area contributed by atoms with Crippen molar-refractivity contribution in [1.29, 1.82) is 0 Å². The van der Waals surface area contributed by atoms with E-state index in [1.807, 2.05) is 19.0 Å². The van der Waals surface area contributed by atoms with Gasteiger partial charge in [-0.05, 0) is 44.8 Å². The summed E-state index contributed by atoms with van der Waals surface area (Å²) in [4.78, 5) is 6.12. The lowest BCUT2D eigenvalue weighted by Gasteiger charge is -2.11. The molecule has 5 nitrogen and oxygen atoms in total. The molecule has 1 aromatic carbocycles. The van der Waals surface area contributed by atoms with Gasteiger partial charge < -0.3 is 9.64 Å². The Kier molecular flexibility index (Phi) is 4.86. The number of ether oxygens (including phenoxy) is 1. The molecule has 0 saturated carbocycles. The van der Waals surface area contributed by atoms with Gasteiger partial charge in [0.1, 0.15) is 18.1 Å². The lowest BCUT2D eigenvalue weighted by Crippen LogP contribution is -2.19. The number of likely N-dealkylation sites (N-methyl/N-ethyl adjacent to an activating group) is 1. The number of fused-ring (bicyclic) bond motifs is 1. The first kappa shape index (κ1) is 18.2. The quantitative estimate of drug-likeness (QED) is 0.693. The van der Waals surface area contributed by atoms with E-state index in [1.54, 1.807) is 31.2 Å². The van der Waals surface area contributed by atoms with Gasteiger partial charge in [-0.2, -0.15) is 18.3 Å². The Bertz CT molecular complexity index is 901. The Morgan fingerprint density at radius 3 is 2.42 bits per heavy atom. The van der Waals surface area contributed by atoms with Crippen LogP contribution in [0.25, 0.3) is 16.8 Å². The molecule has 2 heterocycles. The number of nitrogens with zero attached hydrogens (tertiary/aromatic N) is 4. The summed E-state index contributed by atoms with van der Waals surface area (Å²) >= 11 is 0. The van der Waals surface area contributed by atoms with Crippen LogP contribution in [0.15, 0.2) is 36.5 Å². The van der Waals surface area contributed by atoms with Crippen LogP contribution in [-0.4, -0.2) is 46.7 Å². The van der Waals surface area contributed by atoms with Gasteiger partial charge >= 0.3 is 6.18 Å². The van der Waals surface area contributed by atoms with Gasteiger partial charge in [0.25, 0.3) is 0 Å². The van der Waals surface area contributed by atoms with Crippen molar-refractivity contribution in [2.24, 2.45) is 0 Å². The molecule has 0 atom stereocenters. The van der Waals surface area contributed by atoms with Crippen LogP contribution in [-0.2, 0) is 6.18 Å². The zero-order valence-electron chi connectivity index (χ0n) is 14.7. The predicted molar refractivity (Wildman–Crippen MR) is 92.2 cm³/mol. The fraction of sp³-hybridized carbons (Fsp3) is 0.333. The second-order valence-electron chi connectivity index (χ2n) is 6.20. The molecule has 8 heteroatoms. The first-order valence-electron chi connectivity index (χ1n) is 8.07. The van der Waals surface area contributed by atoms with Gasteiger partial charge in [-0.25, -0.2) is 9.50 Å². The minimum Gasteiger partial charge on any atom is -0.492 e. The van der Waals surface area contributed by atoms with Crippen LogP contribution < -0.4 is 4.74 Å². The molecule has 0 unspecified atom stereocenters. The van der Waals surface area contributed by atoms with Crippen LogP contribution in [0, 0.1) is 6.92 Å². The van der Waals surface area contributed by atoms with E-state index in [0.29, 0.717) is 23.6 Å². The molecule has 0 aliphatic carbocycles. The summed E-state index contributed by atoms with van der Waals surface area (Å²) in [6.07, 6.45) is -3.34. The third-order valence-electron chi connectivity index (χ3n) is 3.93. The van der Waals surface area contributed by atoms with Crippen molar-refractivity contribution in [3.63, 3.8) is 0 Å². The Balaban J connectivity index is 1.94. The topological polar surface area (TPSA) is 42.7 Å². The largest absolute Gasteiger partial charge is 0.492 e. The van der Waals surface area contributed by atoms with Crippen molar-refractivity contribution in [1.82, 2.24) is 19.5 Å². The molecule has 26 heavy (non-hydrogen) atoms. The van der Waals surface area contributed by atoms with E-state index in [9.17, 15) is 13.2 Å². The number of aromatic nitrogens is 3. The first-order chi connectivity index (χ1) is 12.3. The van der Waals surface area contributed by atoms with E-state index in [4.69, 9.17) is 4.74 Å². The smallest absolute Gasteiger partial charge is 0.433 e. The highest BCUT2D eigenvalue weighted by Crippen LogP contribution is 2.33. The van der Waals surface area contributed by atoms with Gasteiger partial charge in [0.2, 0.25) is 0 Å². The number of alkyl halides is 3. The van der Waals surface area contributed by atoms with Gasteiger partial charge in [0, 0.05) is 18.3 Å². The SMILES string of the molecule is Cc1nn2c(C(F)(F)F)ccnc2c1-c1ccc(OCCN(C)C)cc1. The van der Waals surface area contributed by atoms with Crippen molar-refractivity contribution in [3.8, 4) is 16.9 Å². The summed E-state index contributed by atoms with van der Waals surface area (Å²) < 4.78 is 46.0. The van der Waals surface area contributed by atoms with Crippen LogP contribution in [0.5, 0.6) is 5.75 Å². The Hall–Kier alpha value is -2.61.